The van der Waals surface area contributed by atoms with Gasteiger partial charge < -0.3 is 4.74 Å². The number of hydrogen-bond donors (Lipinski definition) is 0. The lowest BCUT2D eigenvalue weighted by Gasteiger charge is -1.97. The highest BCUT2D eigenvalue weighted by Gasteiger charge is 2.04. The number of carbonyl (C=O) groups is 1. The standard InChI is InChI=1S/C10H8BrClO2/c1-14-10(13)9(11)6-7-3-2-4-8(12)5-7/h2-6H,1H3/b9-6-. The van der Waals surface area contributed by atoms with Crippen LogP contribution >= 0.6 is 27.5 Å². The maximum Gasteiger partial charge on any atom is 0.344 e. The van der Waals surface area contributed by atoms with E-state index in [1.807, 2.05) is 12.1 Å². The summed E-state index contributed by atoms with van der Waals surface area (Å²) in [6, 6.07) is 7.18. The summed E-state index contributed by atoms with van der Waals surface area (Å²) in [7, 11) is 1.33. The fourth-order valence-electron chi connectivity index (χ4n) is 0.899. The Bertz CT molecular complexity index is 374. The van der Waals surface area contributed by atoms with Crippen LogP contribution in [0.4, 0.5) is 0 Å². The maximum atomic E-state index is 11.0. The molecule has 4 heteroatoms. The number of carbonyl (C=O) groups excluding carboxylic acids is 1. The molecule has 0 atom stereocenters. The average Bonchev–Trinajstić information content (AvgIpc) is 2.16. The summed E-state index contributed by atoms with van der Waals surface area (Å²) >= 11 is 8.89. The Morgan fingerprint density at radius 2 is 2.29 bits per heavy atom. The molecule has 0 heterocycles. The van der Waals surface area contributed by atoms with Gasteiger partial charge in [-0.3, -0.25) is 0 Å². The van der Waals surface area contributed by atoms with E-state index in [2.05, 4.69) is 20.7 Å². The molecular weight excluding hydrogens is 267 g/mol. The van der Waals surface area contributed by atoms with E-state index in [1.54, 1.807) is 18.2 Å². The lowest BCUT2D eigenvalue weighted by molar-refractivity contribution is -0.135. The Kier molecular flexibility index (Phi) is 4.17. The van der Waals surface area contributed by atoms with E-state index in [-0.39, 0.29) is 0 Å². The molecule has 1 aromatic rings. The normalized spacial score (nSPS) is 11.2. The van der Waals surface area contributed by atoms with Gasteiger partial charge in [-0.1, -0.05) is 23.7 Å². The molecule has 0 bridgehead atoms. The minimum absolute atomic E-state index is 0.363. The molecule has 0 aromatic heterocycles. The van der Waals surface area contributed by atoms with Crippen LogP contribution in [-0.4, -0.2) is 13.1 Å². The van der Waals surface area contributed by atoms with E-state index in [9.17, 15) is 4.79 Å². The van der Waals surface area contributed by atoms with Crippen LogP contribution in [0, 0.1) is 0 Å². The minimum Gasteiger partial charge on any atom is -0.465 e. The number of rotatable bonds is 2. The third kappa shape index (κ3) is 3.16. The first-order chi connectivity index (χ1) is 6.63. The second kappa shape index (κ2) is 5.17. The summed E-state index contributed by atoms with van der Waals surface area (Å²) in [6.07, 6.45) is 1.65. The van der Waals surface area contributed by atoms with Crippen LogP contribution in [-0.2, 0) is 9.53 Å². The van der Waals surface area contributed by atoms with Crippen molar-refractivity contribution in [2.45, 2.75) is 0 Å². The fourth-order valence-corrected chi connectivity index (χ4v) is 1.52. The van der Waals surface area contributed by atoms with Crippen LogP contribution in [0.3, 0.4) is 0 Å². The van der Waals surface area contributed by atoms with Crippen molar-refractivity contribution in [3.63, 3.8) is 0 Å². The molecule has 0 saturated carbocycles. The van der Waals surface area contributed by atoms with Crippen LogP contribution in [0.1, 0.15) is 5.56 Å². The molecule has 0 aliphatic heterocycles. The molecule has 1 rings (SSSR count). The lowest BCUT2D eigenvalue weighted by Crippen LogP contribution is -1.98. The van der Waals surface area contributed by atoms with Crippen LogP contribution in [0.2, 0.25) is 5.02 Å². The Morgan fingerprint density at radius 1 is 1.57 bits per heavy atom. The second-order valence-electron chi connectivity index (χ2n) is 2.54. The molecule has 0 aliphatic carbocycles. The van der Waals surface area contributed by atoms with Crippen molar-refractivity contribution in [2.24, 2.45) is 0 Å². The molecule has 0 fully saturated rings. The predicted molar refractivity (Wildman–Crippen MR) is 60.4 cm³/mol. The van der Waals surface area contributed by atoms with E-state index in [4.69, 9.17) is 11.6 Å². The van der Waals surface area contributed by atoms with E-state index in [1.165, 1.54) is 7.11 Å². The molecule has 0 amide bonds. The first-order valence-electron chi connectivity index (χ1n) is 3.84. The van der Waals surface area contributed by atoms with Crippen molar-refractivity contribution in [3.8, 4) is 0 Å². The number of halogens is 2. The zero-order chi connectivity index (χ0) is 10.6. The summed E-state index contributed by atoms with van der Waals surface area (Å²) in [5.74, 6) is -0.412. The maximum absolute atomic E-state index is 11.0. The summed E-state index contributed by atoms with van der Waals surface area (Å²) in [6.45, 7) is 0. The smallest absolute Gasteiger partial charge is 0.344 e. The average molecular weight is 276 g/mol. The van der Waals surface area contributed by atoms with Crippen molar-refractivity contribution >= 4 is 39.6 Å². The molecule has 2 nitrogen and oxygen atoms in total. The Morgan fingerprint density at radius 3 is 2.86 bits per heavy atom. The zero-order valence-corrected chi connectivity index (χ0v) is 9.80. The van der Waals surface area contributed by atoms with Gasteiger partial charge in [0.15, 0.2) is 0 Å². The first kappa shape index (κ1) is 11.3. The molecule has 0 N–H and O–H groups in total. The van der Waals surface area contributed by atoms with Crippen molar-refractivity contribution in [1.29, 1.82) is 0 Å². The monoisotopic (exact) mass is 274 g/mol. The van der Waals surface area contributed by atoms with Gasteiger partial charge in [-0.25, -0.2) is 4.79 Å². The van der Waals surface area contributed by atoms with E-state index >= 15 is 0 Å². The fraction of sp³-hybridized carbons (Fsp3) is 0.100. The Balaban J connectivity index is 2.91. The zero-order valence-electron chi connectivity index (χ0n) is 7.46. The summed E-state index contributed by atoms with van der Waals surface area (Å²) in [5.41, 5.74) is 0.842. The second-order valence-corrected chi connectivity index (χ2v) is 3.83. The SMILES string of the molecule is COC(=O)/C(Br)=C/c1cccc(Cl)c1. The van der Waals surface area contributed by atoms with E-state index in [0.717, 1.165) is 5.56 Å². The predicted octanol–water partition coefficient (Wildman–Crippen LogP) is 3.25. The van der Waals surface area contributed by atoms with Crippen LogP contribution < -0.4 is 0 Å². The number of esters is 1. The molecule has 74 valence electrons. The van der Waals surface area contributed by atoms with Gasteiger partial charge in [0.05, 0.1) is 7.11 Å². The quantitative estimate of drug-likeness (QED) is 0.612. The largest absolute Gasteiger partial charge is 0.465 e. The van der Waals surface area contributed by atoms with Crippen molar-refractivity contribution in [1.82, 2.24) is 0 Å². The van der Waals surface area contributed by atoms with Crippen LogP contribution in [0.15, 0.2) is 28.7 Å². The third-order valence-electron chi connectivity index (χ3n) is 1.52. The summed E-state index contributed by atoms with van der Waals surface area (Å²) < 4.78 is 4.89. The molecule has 0 aliphatic rings. The molecule has 1 aromatic carbocycles. The number of hydrogen-bond acceptors (Lipinski definition) is 2. The molecule has 0 spiro atoms. The van der Waals surface area contributed by atoms with Crippen molar-refractivity contribution < 1.29 is 9.53 Å². The van der Waals surface area contributed by atoms with Crippen molar-refractivity contribution in [3.05, 3.63) is 39.3 Å². The van der Waals surface area contributed by atoms with Gasteiger partial charge in [0.25, 0.3) is 0 Å². The van der Waals surface area contributed by atoms with E-state index < -0.39 is 5.97 Å². The summed E-state index contributed by atoms with van der Waals surface area (Å²) in [5, 5.41) is 0.629. The van der Waals surface area contributed by atoms with E-state index in [0.29, 0.717) is 9.51 Å². The highest BCUT2D eigenvalue weighted by molar-refractivity contribution is 9.12. The number of methoxy groups -OCH3 is 1. The topological polar surface area (TPSA) is 26.3 Å². The van der Waals surface area contributed by atoms with Crippen LogP contribution in [0.25, 0.3) is 6.08 Å². The van der Waals surface area contributed by atoms with Gasteiger partial charge in [0, 0.05) is 5.02 Å². The molecule has 0 saturated heterocycles. The van der Waals surface area contributed by atoms with Gasteiger partial charge in [-0.15, -0.1) is 0 Å². The Hall–Kier alpha value is -0.800. The lowest BCUT2D eigenvalue weighted by atomic mass is 10.2. The first-order valence-corrected chi connectivity index (χ1v) is 5.01. The van der Waals surface area contributed by atoms with Gasteiger partial charge >= 0.3 is 5.97 Å². The molecule has 0 unspecified atom stereocenters. The third-order valence-corrected chi connectivity index (χ3v) is 2.31. The number of ether oxygens (including phenoxy) is 1. The highest BCUT2D eigenvalue weighted by Crippen LogP contribution is 2.16. The Labute approximate surface area is 95.6 Å². The summed E-state index contributed by atoms with van der Waals surface area (Å²) in [4.78, 5) is 11.0. The van der Waals surface area contributed by atoms with Crippen LogP contribution in [0.5, 0.6) is 0 Å². The van der Waals surface area contributed by atoms with Gasteiger partial charge in [-0.05, 0) is 39.7 Å². The molecule has 14 heavy (non-hydrogen) atoms. The number of benzene rings is 1. The highest BCUT2D eigenvalue weighted by atomic mass is 79.9. The van der Waals surface area contributed by atoms with Gasteiger partial charge in [0.2, 0.25) is 0 Å². The molecule has 0 radical (unpaired) electrons. The van der Waals surface area contributed by atoms with Gasteiger partial charge in [0.1, 0.15) is 4.48 Å². The van der Waals surface area contributed by atoms with Crippen molar-refractivity contribution in [2.75, 3.05) is 7.11 Å². The minimum atomic E-state index is -0.412. The molecular formula is C10H8BrClO2. The van der Waals surface area contributed by atoms with Gasteiger partial charge in [-0.2, -0.15) is 0 Å².